The predicted molar refractivity (Wildman–Crippen MR) is 117 cm³/mol. The van der Waals surface area contributed by atoms with Gasteiger partial charge in [-0.05, 0) is 60.5 Å². The van der Waals surface area contributed by atoms with Gasteiger partial charge in [-0.15, -0.1) is 0 Å². The van der Waals surface area contributed by atoms with Crippen LogP contribution in [0.25, 0.3) is 5.69 Å². The average Bonchev–Trinajstić information content (AvgIpc) is 3.30. The van der Waals surface area contributed by atoms with Crippen LogP contribution in [0.5, 0.6) is 17.4 Å². The fourth-order valence-electron chi connectivity index (χ4n) is 3.03. The lowest BCUT2D eigenvalue weighted by Gasteiger charge is -2.09. The van der Waals surface area contributed by atoms with E-state index in [1.165, 1.54) is 24.3 Å². The van der Waals surface area contributed by atoms with E-state index in [2.05, 4.69) is 15.4 Å². The number of aromatic nitrogens is 3. The van der Waals surface area contributed by atoms with E-state index in [-0.39, 0.29) is 24.0 Å². The third-order valence-electron chi connectivity index (χ3n) is 4.69. The summed E-state index contributed by atoms with van der Waals surface area (Å²) in [5, 5.41) is 7.20. The van der Waals surface area contributed by atoms with Crippen LogP contribution in [0.2, 0.25) is 0 Å². The van der Waals surface area contributed by atoms with E-state index in [1.807, 2.05) is 25.1 Å². The van der Waals surface area contributed by atoms with Gasteiger partial charge in [0.1, 0.15) is 23.0 Å². The second-order valence-corrected chi connectivity index (χ2v) is 7.06. The predicted octanol–water partition coefficient (Wildman–Crippen LogP) is 4.45. The molecule has 0 bridgehead atoms. The lowest BCUT2D eigenvalue weighted by Crippen LogP contribution is -2.23. The van der Waals surface area contributed by atoms with Crippen LogP contribution >= 0.6 is 0 Å². The van der Waals surface area contributed by atoms with Gasteiger partial charge in [0.25, 0.3) is 5.91 Å². The van der Waals surface area contributed by atoms with Gasteiger partial charge in [-0.2, -0.15) is 5.10 Å². The first kappa shape index (κ1) is 21.0. The third kappa shape index (κ3) is 4.92. The molecule has 4 aromatic rings. The zero-order chi connectivity index (χ0) is 22.5. The van der Waals surface area contributed by atoms with Crippen molar-refractivity contribution in [1.82, 2.24) is 20.1 Å². The van der Waals surface area contributed by atoms with Gasteiger partial charge in [0.15, 0.2) is 5.69 Å². The summed E-state index contributed by atoms with van der Waals surface area (Å²) in [7, 11) is 1.59. The number of amides is 1. The first-order valence-corrected chi connectivity index (χ1v) is 9.89. The summed E-state index contributed by atoms with van der Waals surface area (Å²) in [4.78, 5) is 16.7. The van der Waals surface area contributed by atoms with Gasteiger partial charge >= 0.3 is 0 Å². The van der Waals surface area contributed by atoms with E-state index in [0.717, 1.165) is 16.8 Å². The van der Waals surface area contributed by atoms with Gasteiger partial charge in [-0.3, -0.25) is 4.79 Å². The molecule has 0 aliphatic heterocycles. The quantitative estimate of drug-likeness (QED) is 0.467. The zero-order valence-corrected chi connectivity index (χ0v) is 17.6. The second kappa shape index (κ2) is 9.30. The Morgan fingerprint density at radius 1 is 1.09 bits per heavy atom. The van der Waals surface area contributed by atoms with Crippen molar-refractivity contribution >= 4 is 5.91 Å². The van der Waals surface area contributed by atoms with Crippen molar-refractivity contribution in [1.29, 1.82) is 0 Å². The van der Waals surface area contributed by atoms with E-state index < -0.39 is 0 Å². The molecule has 2 heterocycles. The van der Waals surface area contributed by atoms with Crippen LogP contribution in [0, 0.1) is 12.7 Å². The number of carbonyl (C=O) groups is 1. The Kier molecular flexibility index (Phi) is 6.12. The maximum atomic E-state index is 13.0. The van der Waals surface area contributed by atoms with Crippen LogP contribution in [-0.4, -0.2) is 27.8 Å². The summed E-state index contributed by atoms with van der Waals surface area (Å²) >= 11 is 0. The Bertz CT molecular complexity index is 1220. The fraction of sp³-hybridized carbons (Fsp3) is 0.125. The molecule has 0 unspecified atom stereocenters. The van der Waals surface area contributed by atoms with Crippen LogP contribution in [0.1, 0.15) is 21.6 Å². The summed E-state index contributed by atoms with van der Waals surface area (Å²) in [6.07, 6.45) is 3.32. The Hall–Kier alpha value is -4.20. The molecule has 0 saturated heterocycles. The van der Waals surface area contributed by atoms with Crippen molar-refractivity contribution in [3.05, 3.63) is 95.7 Å². The largest absolute Gasteiger partial charge is 0.494 e. The standard InChI is InChI=1S/C24H21FN4O3/c1-16-3-9-22(31-2)21(13-16)29-12-11-20(28-29)24(30)27-15-17-4-10-23(26-14-17)32-19-7-5-18(25)6-8-19/h3-14H,15H2,1-2H3,(H,27,30). The third-order valence-corrected chi connectivity index (χ3v) is 4.69. The molecule has 0 radical (unpaired) electrons. The van der Waals surface area contributed by atoms with Crippen molar-refractivity contribution in [3.8, 4) is 23.1 Å². The minimum absolute atomic E-state index is 0.281. The van der Waals surface area contributed by atoms with Crippen LogP contribution < -0.4 is 14.8 Å². The highest BCUT2D eigenvalue weighted by Crippen LogP contribution is 2.23. The van der Waals surface area contributed by atoms with E-state index in [4.69, 9.17) is 9.47 Å². The number of nitrogens with zero attached hydrogens (tertiary/aromatic N) is 3. The number of carbonyl (C=O) groups excluding carboxylic acids is 1. The van der Waals surface area contributed by atoms with E-state index in [9.17, 15) is 9.18 Å². The fourth-order valence-corrected chi connectivity index (χ4v) is 3.03. The Morgan fingerprint density at radius 3 is 2.62 bits per heavy atom. The number of halogens is 1. The molecule has 0 spiro atoms. The zero-order valence-electron chi connectivity index (χ0n) is 17.6. The molecule has 2 aromatic carbocycles. The minimum atomic E-state index is -0.334. The second-order valence-electron chi connectivity index (χ2n) is 7.06. The molecule has 1 N–H and O–H groups in total. The maximum absolute atomic E-state index is 13.0. The Labute approximate surface area is 184 Å². The molecule has 0 fully saturated rings. The molecule has 0 atom stereocenters. The molecule has 7 nitrogen and oxygen atoms in total. The smallest absolute Gasteiger partial charge is 0.272 e. The van der Waals surface area contributed by atoms with Crippen LogP contribution in [-0.2, 0) is 6.54 Å². The molecule has 4 rings (SSSR count). The van der Waals surface area contributed by atoms with E-state index in [1.54, 1.807) is 42.4 Å². The highest BCUT2D eigenvalue weighted by atomic mass is 19.1. The van der Waals surface area contributed by atoms with Crippen LogP contribution in [0.3, 0.4) is 0 Å². The molecule has 0 aliphatic rings. The number of aryl methyl sites for hydroxylation is 1. The van der Waals surface area contributed by atoms with Gasteiger partial charge in [0.05, 0.1) is 7.11 Å². The monoisotopic (exact) mass is 432 g/mol. The number of hydrogen-bond acceptors (Lipinski definition) is 5. The average molecular weight is 432 g/mol. The molecule has 1 amide bonds. The molecule has 2 aromatic heterocycles. The van der Waals surface area contributed by atoms with Crippen molar-refractivity contribution in [2.24, 2.45) is 0 Å². The van der Waals surface area contributed by atoms with Gasteiger partial charge < -0.3 is 14.8 Å². The van der Waals surface area contributed by atoms with E-state index >= 15 is 0 Å². The number of rotatable bonds is 7. The number of methoxy groups -OCH3 is 1. The van der Waals surface area contributed by atoms with Crippen molar-refractivity contribution in [2.75, 3.05) is 7.11 Å². The van der Waals surface area contributed by atoms with Crippen LogP contribution in [0.15, 0.2) is 73.1 Å². The topological polar surface area (TPSA) is 78.3 Å². The first-order chi connectivity index (χ1) is 15.5. The maximum Gasteiger partial charge on any atom is 0.272 e. The lowest BCUT2D eigenvalue weighted by molar-refractivity contribution is 0.0945. The normalized spacial score (nSPS) is 10.6. The highest BCUT2D eigenvalue weighted by Gasteiger charge is 2.13. The van der Waals surface area contributed by atoms with Crippen molar-refractivity contribution in [2.45, 2.75) is 13.5 Å². The number of hydrogen-bond donors (Lipinski definition) is 1. The molecule has 0 aliphatic carbocycles. The van der Waals surface area contributed by atoms with Gasteiger partial charge in [0, 0.05) is 25.0 Å². The van der Waals surface area contributed by atoms with Gasteiger partial charge in [0.2, 0.25) is 5.88 Å². The lowest BCUT2D eigenvalue weighted by atomic mass is 10.2. The number of ether oxygens (including phenoxy) is 2. The summed E-state index contributed by atoms with van der Waals surface area (Å²) in [5.74, 6) is 0.888. The summed E-state index contributed by atoms with van der Waals surface area (Å²) in [6, 6.07) is 16.6. The number of pyridine rings is 1. The molecular weight excluding hydrogens is 411 g/mol. The van der Waals surface area contributed by atoms with Gasteiger partial charge in [-0.25, -0.2) is 14.1 Å². The first-order valence-electron chi connectivity index (χ1n) is 9.89. The summed E-state index contributed by atoms with van der Waals surface area (Å²) in [5.41, 5.74) is 2.90. The summed E-state index contributed by atoms with van der Waals surface area (Å²) < 4.78 is 25.5. The minimum Gasteiger partial charge on any atom is -0.494 e. The highest BCUT2D eigenvalue weighted by molar-refractivity contribution is 5.92. The van der Waals surface area contributed by atoms with Gasteiger partial charge in [-0.1, -0.05) is 12.1 Å². The van der Waals surface area contributed by atoms with Crippen LogP contribution in [0.4, 0.5) is 4.39 Å². The van der Waals surface area contributed by atoms with Crippen molar-refractivity contribution in [3.63, 3.8) is 0 Å². The molecule has 162 valence electrons. The molecule has 8 heteroatoms. The Balaban J connectivity index is 1.37. The van der Waals surface area contributed by atoms with Crippen molar-refractivity contribution < 1.29 is 18.7 Å². The molecular formula is C24H21FN4O3. The number of benzene rings is 2. The van der Waals surface area contributed by atoms with E-state index in [0.29, 0.717) is 17.4 Å². The molecule has 0 saturated carbocycles. The SMILES string of the molecule is COc1ccc(C)cc1-n1ccc(C(=O)NCc2ccc(Oc3ccc(F)cc3)nc2)n1. The number of nitrogens with one attached hydrogen (secondary N) is 1. The Morgan fingerprint density at radius 2 is 1.91 bits per heavy atom. The summed E-state index contributed by atoms with van der Waals surface area (Å²) in [6.45, 7) is 2.26. The molecule has 32 heavy (non-hydrogen) atoms.